The standard InChI is InChI=1S/C23H22N4O4/c1-2-31-22(30)16-14-25-27-19(16)24-13-17(21(27)29)20(28)26-11-9-23(10-12-26)8-7-15-5-3-4-6-18(15)23/h3-8,13-14,29H,2,9-12H2,1H3. The molecule has 0 atom stereocenters. The Morgan fingerprint density at radius 1 is 1.16 bits per heavy atom. The lowest BCUT2D eigenvalue weighted by atomic mass is 9.74. The summed E-state index contributed by atoms with van der Waals surface area (Å²) < 4.78 is 6.08. The van der Waals surface area contributed by atoms with Gasteiger partial charge in [0, 0.05) is 24.7 Å². The second kappa shape index (κ2) is 7.23. The van der Waals surface area contributed by atoms with E-state index in [-0.39, 0.29) is 40.6 Å². The number of likely N-dealkylation sites (tertiary alicyclic amines) is 1. The Bertz CT molecular complexity index is 1220. The van der Waals surface area contributed by atoms with Crippen molar-refractivity contribution in [3.05, 3.63) is 65.0 Å². The molecule has 31 heavy (non-hydrogen) atoms. The summed E-state index contributed by atoms with van der Waals surface area (Å²) in [5.74, 6) is -1.21. The van der Waals surface area contributed by atoms with E-state index in [2.05, 4.69) is 40.4 Å². The zero-order valence-electron chi connectivity index (χ0n) is 17.1. The first-order chi connectivity index (χ1) is 15.0. The molecule has 2 aliphatic rings. The molecule has 0 saturated carbocycles. The molecule has 1 aliphatic carbocycles. The number of carbonyl (C=O) groups excluding carboxylic acids is 2. The topological polar surface area (TPSA) is 97.0 Å². The van der Waals surface area contributed by atoms with Crippen LogP contribution in [0, 0.1) is 0 Å². The van der Waals surface area contributed by atoms with Crippen LogP contribution in [0.2, 0.25) is 0 Å². The van der Waals surface area contributed by atoms with E-state index in [4.69, 9.17) is 4.74 Å². The molecule has 2 aromatic heterocycles. The van der Waals surface area contributed by atoms with Crippen molar-refractivity contribution < 1.29 is 19.4 Å². The number of aromatic hydroxyl groups is 1. The first kappa shape index (κ1) is 19.3. The number of hydrogen-bond acceptors (Lipinski definition) is 6. The number of nitrogens with zero attached hydrogens (tertiary/aromatic N) is 4. The van der Waals surface area contributed by atoms with E-state index in [0.717, 1.165) is 17.4 Å². The minimum atomic E-state index is -0.574. The first-order valence-corrected chi connectivity index (χ1v) is 10.3. The van der Waals surface area contributed by atoms with Crippen molar-refractivity contribution in [3.8, 4) is 5.88 Å². The number of hydrogen-bond donors (Lipinski definition) is 1. The van der Waals surface area contributed by atoms with Gasteiger partial charge < -0.3 is 14.7 Å². The fourth-order valence-electron chi connectivity index (χ4n) is 4.57. The quantitative estimate of drug-likeness (QED) is 0.657. The SMILES string of the molecule is CCOC(=O)c1cnn2c(O)c(C(=O)N3CCC4(C=Cc5ccccc54)CC3)cnc12. The normalized spacial score (nSPS) is 16.6. The number of esters is 1. The van der Waals surface area contributed by atoms with Crippen molar-refractivity contribution in [2.45, 2.75) is 25.2 Å². The molecule has 158 valence electrons. The summed E-state index contributed by atoms with van der Waals surface area (Å²) in [6.45, 7) is 3.06. The Kier molecular flexibility index (Phi) is 4.50. The van der Waals surface area contributed by atoms with Crippen LogP contribution in [0.1, 0.15) is 51.6 Å². The molecular formula is C23H22N4O4. The molecule has 3 aromatic rings. The van der Waals surface area contributed by atoms with E-state index in [1.807, 2.05) is 6.07 Å². The third-order valence-electron chi connectivity index (χ3n) is 6.25. The monoisotopic (exact) mass is 418 g/mol. The third-order valence-corrected chi connectivity index (χ3v) is 6.25. The molecule has 8 heteroatoms. The molecule has 8 nitrogen and oxygen atoms in total. The largest absolute Gasteiger partial charge is 0.493 e. The second-order valence-electron chi connectivity index (χ2n) is 7.88. The van der Waals surface area contributed by atoms with Gasteiger partial charge in [-0.1, -0.05) is 36.4 Å². The van der Waals surface area contributed by atoms with Gasteiger partial charge in [-0.2, -0.15) is 9.61 Å². The van der Waals surface area contributed by atoms with Gasteiger partial charge in [-0.05, 0) is 30.9 Å². The van der Waals surface area contributed by atoms with Gasteiger partial charge in [-0.3, -0.25) is 4.79 Å². The molecule has 5 rings (SSSR count). The fourth-order valence-corrected chi connectivity index (χ4v) is 4.57. The van der Waals surface area contributed by atoms with Crippen LogP contribution < -0.4 is 0 Å². The number of amides is 1. The summed E-state index contributed by atoms with van der Waals surface area (Å²) in [6, 6.07) is 8.37. The molecule has 0 bridgehead atoms. The van der Waals surface area contributed by atoms with E-state index in [1.165, 1.54) is 23.5 Å². The lowest BCUT2D eigenvalue weighted by molar-refractivity contribution is 0.0528. The highest BCUT2D eigenvalue weighted by atomic mass is 16.5. The van der Waals surface area contributed by atoms with Crippen LogP contribution in [0.25, 0.3) is 11.7 Å². The molecule has 1 spiro atoms. The average Bonchev–Trinajstić information content (AvgIpc) is 3.38. The van der Waals surface area contributed by atoms with Gasteiger partial charge in [0.2, 0.25) is 5.88 Å². The van der Waals surface area contributed by atoms with Crippen molar-refractivity contribution in [2.75, 3.05) is 19.7 Å². The van der Waals surface area contributed by atoms with Crippen molar-refractivity contribution in [3.63, 3.8) is 0 Å². The van der Waals surface area contributed by atoms with Crippen LogP contribution in [0.15, 0.2) is 42.7 Å². The van der Waals surface area contributed by atoms with Crippen LogP contribution in [-0.2, 0) is 10.2 Å². The van der Waals surface area contributed by atoms with Gasteiger partial charge in [0.25, 0.3) is 5.91 Å². The van der Waals surface area contributed by atoms with Crippen molar-refractivity contribution in [1.82, 2.24) is 19.5 Å². The number of fused-ring (bicyclic) bond motifs is 3. The van der Waals surface area contributed by atoms with Crippen LogP contribution in [-0.4, -0.2) is 56.2 Å². The summed E-state index contributed by atoms with van der Waals surface area (Å²) in [7, 11) is 0. The number of rotatable bonds is 3. The Hall–Kier alpha value is -3.68. The molecule has 3 heterocycles. The number of benzene rings is 1. The summed E-state index contributed by atoms with van der Waals surface area (Å²) >= 11 is 0. The van der Waals surface area contributed by atoms with E-state index >= 15 is 0 Å². The Morgan fingerprint density at radius 2 is 1.94 bits per heavy atom. The molecule has 1 aliphatic heterocycles. The van der Waals surface area contributed by atoms with Gasteiger partial charge in [0.05, 0.1) is 12.8 Å². The highest BCUT2D eigenvalue weighted by molar-refractivity contribution is 5.98. The Morgan fingerprint density at radius 3 is 2.71 bits per heavy atom. The maximum atomic E-state index is 13.1. The highest BCUT2D eigenvalue weighted by Crippen LogP contribution is 2.43. The minimum Gasteiger partial charge on any atom is -0.493 e. The first-order valence-electron chi connectivity index (χ1n) is 10.3. The number of ether oxygens (including phenoxy) is 1. The predicted octanol–water partition coefficient (Wildman–Crippen LogP) is 2.81. The Labute approximate surface area is 178 Å². The van der Waals surface area contributed by atoms with Crippen molar-refractivity contribution >= 4 is 23.6 Å². The van der Waals surface area contributed by atoms with E-state index in [0.29, 0.717) is 13.1 Å². The smallest absolute Gasteiger partial charge is 0.343 e. The minimum absolute atomic E-state index is 0.0336. The average molecular weight is 418 g/mol. The second-order valence-corrected chi connectivity index (χ2v) is 7.88. The number of aromatic nitrogens is 3. The molecule has 1 amide bonds. The number of carbonyl (C=O) groups is 2. The Balaban J connectivity index is 1.37. The summed E-state index contributed by atoms with van der Waals surface area (Å²) in [4.78, 5) is 31.1. The molecule has 1 saturated heterocycles. The van der Waals surface area contributed by atoms with Crippen molar-refractivity contribution in [1.29, 1.82) is 0 Å². The fraction of sp³-hybridized carbons (Fsp3) is 0.304. The lowest BCUT2D eigenvalue weighted by Crippen LogP contribution is -2.44. The predicted molar refractivity (Wildman–Crippen MR) is 113 cm³/mol. The van der Waals surface area contributed by atoms with Crippen LogP contribution in [0.5, 0.6) is 5.88 Å². The molecule has 1 N–H and O–H groups in total. The third kappa shape index (κ3) is 2.98. The maximum Gasteiger partial charge on any atom is 0.343 e. The lowest BCUT2D eigenvalue weighted by Gasteiger charge is -2.39. The van der Waals surface area contributed by atoms with Gasteiger partial charge in [-0.15, -0.1) is 0 Å². The van der Waals surface area contributed by atoms with Crippen molar-refractivity contribution in [2.24, 2.45) is 0 Å². The molecular weight excluding hydrogens is 396 g/mol. The zero-order valence-corrected chi connectivity index (χ0v) is 17.1. The summed E-state index contributed by atoms with van der Waals surface area (Å²) in [6.07, 6.45) is 8.63. The van der Waals surface area contributed by atoms with Crippen LogP contribution >= 0.6 is 0 Å². The highest BCUT2D eigenvalue weighted by Gasteiger charge is 2.39. The van der Waals surface area contributed by atoms with E-state index in [9.17, 15) is 14.7 Å². The number of allylic oxidation sites excluding steroid dienone is 1. The summed E-state index contributed by atoms with van der Waals surface area (Å²) in [5, 5.41) is 14.7. The van der Waals surface area contributed by atoms with E-state index < -0.39 is 5.97 Å². The van der Waals surface area contributed by atoms with Gasteiger partial charge in [0.1, 0.15) is 11.1 Å². The molecule has 0 unspecified atom stereocenters. The van der Waals surface area contributed by atoms with E-state index in [1.54, 1.807) is 11.8 Å². The molecule has 0 radical (unpaired) electrons. The molecule has 1 aromatic carbocycles. The molecule has 1 fully saturated rings. The van der Waals surface area contributed by atoms with Crippen LogP contribution in [0.4, 0.5) is 0 Å². The zero-order chi connectivity index (χ0) is 21.6. The van der Waals surface area contributed by atoms with Gasteiger partial charge >= 0.3 is 5.97 Å². The maximum absolute atomic E-state index is 13.1. The summed E-state index contributed by atoms with van der Waals surface area (Å²) in [5.41, 5.74) is 2.88. The number of piperidine rings is 1. The van der Waals surface area contributed by atoms with Gasteiger partial charge in [0.15, 0.2) is 5.65 Å². The van der Waals surface area contributed by atoms with Crippen LogP contribution in [0.3, 0.4) is 0 Å². The van der Waals surface area contributed by atoms with Gasteiger partial charge in [-0.25, -0.2) is 9.78 Å².